The van der Waals surface area contributed by atoms with Gasteiger partial charge in [-0.3, -0.25) is 4.79 Å². The largest absolute Gasteiger partial charge is 0.495 e. The van der Waals surface area contributed by atoms with Crippen molar-refractivity contribution < 1.29 is 14.3 Å². The van der Waals surface area contributed by atoms with Gasteiger partial charge in [-0.15, -0.1) is 0 Å². The van der Waals surface area contributed by atoms with Gasteiger partial charge in [-0.1, -0.05) is 19.1 Å². The third-order valence-corrected chi connectivity index (χ3v) is 4.57. The third-order valence-electron chi connectivity index (χ3n) is 4.57. The normalized spacial score (nSPS) is 12.8. The van der Waals surface area contributed by atoms with E-state index in [0.29, 0.717) is 24.3 Å². The average Bonchev–Trinajstić information content (AvgIpc) is 2.79. The van der Waals surface area contributed by atoms with Crippen LogP contribution in [0.2, 0.25) is 0 Å². The van der Waals surface area contributed by atoms with Crippen LogP contribution in [0.1, 0.15) is 45.1 Å². The van der Waals surface area contributed by atoms with Crippen LogP contribution in [0.5, 0.6) is 5.75 Å². The maximum atomic E-state index is 11.7. The first-order valence-electron chi connectivity index (χ1n) is 10.8. The van der Waals surface area contributed by atoms with Crippen molar-refractivity contribution >= 4 is 17.3 Å². The molecule has 0 spiro atoms. The fraction of sp³-hybridized carbons (Fsp3) is 0.542. The van der Waals surface area contributed by atoms with Crippen LogP contribution in [-0.2, 0) is 16.0 Å². The summed E-state index contributed by atoms with van der Waals surface area (Å²) in [6, 6.07) is 3.67. The van der Waals surface area contributed by atoms with E-state index in [9.17, 15) is 4.79 Å². The molecule has 5 N–H and O–H groups in total. The van der Waals surface area contributed by atoms with Crippen LogP contribution in [0.4, 0.5) is 11.4 Å². The van der Waals surface area contributed by atoms with Gasteiger partial charge >= 0.3 is 5.97 Å². The first-order valence-corrected chi connectivity index (χ1v) is 10.8. The molecule has 1 aliphatic carbocycles. The molecule has 7 nitrogen and oxygen atoms in total. The monoisotopic (exact) mass is 434 g/mol. The maximum Gasteiger partial charge on any atom is 0.306 e. The Morgan fingerprint density at radius 2 is 1.87 bits per heavy atom. The number of methoxy groups -OCH3 is 1. The molecule has 0 bridgehead atoms. The zero-order chi connectivity index (χ0) is 23.6. The highest BCUT2D eigenvalue weighted by Crippen LogP contribution is 2.30. The molecule has 1 aromatic rings. The lowest BCUT2D eigenvalue weighted by Gasteiger charge is -2.14. The molecule has 0 amide bonds. The van der Waals surface area contributed by atoms with Gasteiger partial charge in [0.15, 0.2) is 0 Å². The topological polar surface area (TPSA) is 97.6 Å². The maximum absolute atomic E-state index is 11.7. The lowest BCUT2D eigenvalue weighted by Crippen LogP contribution is -2.14. The Bertz CT molecular complexity index is 702. The number of ether oxygens (including phenoxy) is 2. The number of nitrogen functional groups attached to an aromatic ring is 1. The van der Waals surface area contributed by atoms with E-state index in [1.54, 1.807) is 14.2 Å². The molecule has 176 valence electrons. The third kappa shape index (κ3) is 11.9. The molecule has 0 heterocycles. The molecule has 0 radical (unpaired) electrons. The fourth-order valence-corrected chi connectivity index (χ4v) is 2.63. The number of rotatable bonds is 8. The van der Waals surface area contributed by atoms with Crippen molar-refractivity contribution in [3.05, 3.63) is 41.6 Å². The summed E-state index contributed by atoms with van der Waals surface area (Å²) in [4.78, 5) is 11.7. The molecule has 1 aromatic carbocycles. The van der Waals surface area contributed by atoms with Crippen LogP contribution in [0.15, 0.2) is 36.1 Å². The van der Waals surface area contributed by atoms with Crippen molar-refractivity contribution in [1.29, 1.82) is 0 Å². The van der Waals surface area contributed by atoms with Crippen LogP contribution in [-0.4, -0.2) is 47.4 Å². The van der Waals surface area contributed by atoms with Crippen LogP contribution in [0.3, 0.4) is 0 Å². The number of hydrogen-bond donors (Lipinski definition) is 4. The second-order valence-electron chi connectivity index (χ2n) is 7.12. The number of nitrogens with one attached hydrogen (secondary N) is 3. The zero-order valence-electron chi connectivity index (χ0n) is 20.3. The van der Waals surface area contributed by atoms with Crippen molar-refractivity contribution in [3.63, 3.8) is 0 Å². The number of esters is 1. The fourth-order valence-electron chi connectivity index (χ4n) is 2.63. The molecule has 1 unspecified atom stereocenters. The van der Waals surface area contributed by atoms with E-state index >= 15 is 0 Å². The first kappa shape index (κ1) is 28.3. The first-order chi connectivity index (χ1) is 14.9. The van der Waals surface area contributed by atoms with Crippen molar-refractivity contribution in [1.82, 2.24) is 10.6 Å². The highest BCUT2D eigenvalue weighted by Gasteiger charge is 2.12. The van der Waals surface area contributed by atoms with E-state index < -0.39 is 0 Å². The minimum absolute atomic E-state index is 0.0407. The number of carbonyl (C=O) groups excluding carboxylic acids is 1. The molecule has 7 heteroatoms. The molecule has 2 rings (SSSR count). The van der Waals surface area contributed by atoms with Gasteiger partial charge in [0.05, 0.1) is 18.9 Å². The van der Waals surface area contributed by atoms with Gasteiger partial charge in [0, 0.05) is 31.9 Å². The second kappa shape index (κ2) is 17.1. The molecule has 0 saturated heterocycles. The second-order valence-corrected chi connectivity index (χ2v) is 7.12. The van der Waals surface area contributed by atoms with E-state index in [-0.39, 0.29) is 12.1 Å². The van der Waals surface area contributed by atoms with E-state index in [4.69, 9.17) is 15.2 Å². The number of benzene rings is 1. The van der Waals surface area contributed by atoms with Gasteiger partial charge in [-0.25, -0.2) is 0 Å². The summed E-state index contributed by atoms with van der Waals surface area (Å²) in [6.45, 7) is 3.87. The number of hydrogen-bond acceptors (Lipinski definition) is 7. The van der Waals surface area contributed by atoms with E-state index in [0.717, 1.165) is 17.7 Å². The van der Waals surface area contributed by atoms with E-state index in [1.807, 2.05) is 47.1 Å². The Balaban J connectivity index is 0.000000671. The zero-order valence-corrected chi connectivity index (χ0v) is 20.3. The molecular weight excluding hydrogens is 392 g/mol. The predicted octanol–water partition coefficient (Wildman–Crippen LogP) is 3.87. The summed E-state index contributed by atoms with van der Waals surface area (Å²) >= 11 is 0. The van der Waals surface area contributed by atoms with Crippen molar-refractivity contribution in [2.75, 3.05) is 46.4 Å². The Hall–Kier alpha value is -2.67. The predicted molar refractivity (Wildman–Crippen MR) is 132 cm³/mol. The summed E-state index contributed by atoms with van der Waals surface area (Å²) in [7, 11) is 9.12. The number of aryl methyl sites for hydroxylation is 1. The number of carbonyl (C=O) groups is 1. The number of allylic oxidation sites excluding steroid dienone is 4. The van der Waals surface area contributed by atoms with Crippen LogP contribution in [0, 0.1) is 0 Å². The van der Waals surface area contributed by atoms with E-state index in [2.05, 4.69) is 34.2 Å². The standard InChI is InChI=1S/C15H24N2O3.C7H11N.C2H7N/c1-5-10(2)20-15(18)7-6-11-8-14(19-4)13(17-3)9-12(11)16;1-8-7-5-3-2-4-6-7;1-3-2/h8-10,17H,5-7,16H2,1-4H3;2-3,5,8H,4,6H2,1H3;3H,1-2H3. The van der Waals surface area contributed by atoms with E-state index in [1.165, 1.54) is 18.5 Å². The SMILES string of the molecule is CCC(C)OC(=O)CCc1cc(OC)c(NC)cc1N.CNC.CNC1=CC=CCC1. The molecule has 0 aliphatic heterocycles. The van der Waals surface area contributed by atoms with Crippen LogP contribution >= 0.6 is 0 Å². The van der Waals surface area contributed by atoms with Gasteiger partial charge in [-0.05, 0) is 70.5 Å². The summed E-state index contributed by atoms with van der Waals surface area (Å²) in [5.74, 6) is 0.516. The molecule has 31 heavy (non-hydrogen) atoms. The molecular formula is C24H42N4O3. The smallest absolute Gasteiger partial charge is 0.306 e. The Kier molecular flexibility index (Phi) is 15.6. The molecule has 1 aliphatic rings. The Morgan fingerprint density at radius 1 is 1.19 bits per heavy atom. The van der Waals surface area contributed by atoms with Crippen molar-refractivity contribution in [3.8, 4) is 5.75 Å². The van der Waals surface area contributed by atoms with Gasteiger partial charge in [-0.2, -0.15) is 0 Å². The molecule has 0 saturated carbocycles. The van der Waals surface area contributed by atoms with Gasteiger partial charge < -0.3 is 31.2 Å². The minimum Gasteiger partial charge on any atom is -0.495 e. The molecule has 0 aromatic heterocycles. The molecule has 0 fully saturated rings. The minimum atomic E-state index is -0.199. The Labute approximate surface area is 188 Å². The highest BCUT2D eigenvalue weighted by atomic mass is 16.5. The van der Waals surface area contributed by atoms with Crippen LogP contribution in [0.25, 0.3) is 0 Å². The summed E-state index contributed by atoms with van der Waals surface area (Å²) in [6.07, 6.45) is 10.4. The van der Waals surface area contributed by atoms with Gasteiger partial charge in [0.2, 0.25) is 0 Å². The van der Waals surface area contributed by atoms with Crippen molar-refractivity contribution in [2.45, 2.75) is 52.1 Å². The Morgan fingerprint density at radius 3 is 2.32 bits per heavy atom. The average molecular weight is 435 g/mol. The summed E-state index contributed by atoms with van der Waals surface area (Å²) in [5.41, 5.74) is 9.69. The quantitative estimate of drug-likeness (QED) is 0.364. The highest BCUT2D eigenvalue weighted by molar-refractivity contribution is 5.71. The lowest BCUT2D eigenvalue weighted by atomic mass is 10.1. The van der Waals surface area contributed by atoms with Gasteiger partial charge in [0.1, 0.15) is 5.75 Å². The molecule has 1 atom stereocenters. The van der Waals surface area contributed by atoms with Gasteiger partial charge in [0.25, 0.3) is 0 Å². The summed E-state index contributed by atoms with van der Waals surface area (Å²) in [5, 5.41) is 8.88. The lowest BCUT2D eigenvalue weighted by molar-refractivity contribution is -0.148. The number of nitrogens with two attached hydrogens (primary N) is 1. The van der Waals surface area contributed by atoms with Crippen LogP contribution < -0.4 is 26.4 Å². The van der Waals surface area contributed by atoms with Crippen molar-refractivity contribution in [2.24, 2.45) is 0 Å². The summed E-state index contributed by atoms with van der Waals surface area (Å²) < 4.78 is 10.5. The number of anilines is 2.